The Hall–Kier alpha value is -3.67. The van der Waals surface area contributed by atoms with Crippen LogP contribution in [0.1, 0.15) is 5.56 Å². The number of hydrogen-bond acceptors (Lipinski definition) is 5. The standard InChI is InChI=1S/C20H13FN2O3/c21-15-5-3-4-12(19(15)25)11-22-13-8-9-14(17(24)10-13)20-23-16-6-1-2-7-18(16)26-20/h1-11,24-25H. The van der Waals surface area contributed by atoms with Crippen LogP contribution in [0.4, 0.5) is 10.1 Å². The van der Waals surface area contributed by atoms with Crippen LogP contribution in [0.15, 0.2) is 70.1 Å². The van der Waals surface area contributed by atoms with Crippen LogP contribution >= 0.6 is 0 Å². The maximum absolute atomic E-state index is 13.3. The number of phenols is 2. The lowest BCUT2D eigenvalue weighted by atomic mass is 10.1. The van der Waals surface area contributed by atoms with Crippen LogP contribution in [0.2, 0.25) is 0 Å². The summed E-state index contributed by atoms with van der Waals surface area (Å²) in [4.78, 5) is 8.50. The highest BCUT2D eigenvalue weighted by molar-refractivity contribution is 5.86. The Kier molecular flexibility index (Phi) is 3.85. The summed E-state index contributed by atoms with van der Waals surface area (Å²) in [7, 11) is 0. The summed E-state index contributed by atoms with van der Waals surface area (Å²) in [6, 6.07) is 16.2. The number of rotatable bonds is 3. The number of nitrogens with zero attached hydrogens (tertiary/aromatic N) is 2. The van der Waals surface area contributed by atoms with Gasteiger partial charge in [0.25, 0.3) is 0 Å². The van der Waals surface area contributed by atoms with E-state index in [0.717, 1.165) is 6.07 Å². The monoisotopic (exact) mass is 348 g/mol. The molecule has 0 aliphatic heterocycles. The molecule has 0 radical (unpaired) electrons. The van der Waals surface area contributed by atoms with Gasteiger partial charge in [0.15, 0.2) is 17.1 Å². The molecule has 5 nitrogen and oxygen atoms in total. The molecule has 2 N–H and O–H groups in total. The molecule has 0 saturated heterocycles. The van der Waals surface area contributed by atoms with Gasteiger partial charge in [0, 0.05) is 17.8 Å². The Balaban J connectivity index is 1.65. The molecule has 4 rings (SSSR count). The van der Waals surface area contributed by atoms with Crippen LogP contribution < -0.4 is 0 Å². The van der Waals surface area contributed by atoms with E-state index in [2.05, 4.69) is 9.98 Å². The third-order valence-corrected chi connectivity index (χ3v) is 3.88. The molecule has 4 aromatic rings. The molecular formula is C20H13FN2O3. The Bertz CT molecular complexity index is 1100. The zero-order chi connectivity index (χ0) is 18.1. The van der Waals surface area contributed by atoms with E-state index in [1.807, 2.05) is 18.2 Å². The van der Waals surface area contributed by atoms with Crippen LogP contribution in [0.3, 0.4) is 0 Å². The van der Waals surface area contributed by atoms with Crippen molar-refractivity contribution < 1.29 is 19.0 Å². The molecule has 1 heterocycles. The number of hydrogen-bond donors (Lipinski definition) is 2. The first-order chi connectivity index (χ1) is 12.6. The molecule has 0 spiro atoms. The van der Waals surface area contributed by atoms with Crippen molar-refractivity contribution in [3.05, 3.63) is 72.0 Å². The second-order valence-electron chi connectivity index (χ2n) is 5.62. The SMILES string of the molecule is Oc1cc(N=Cc2cccc(F)c2O)ccc1-c1nc2ccccc2o1. The van der Waals surface area contributed by atoms with E-state index >= 15 is 0 Å². The Labute approximate surface area is 147 Å². The number of phenolic OH excluding ortho intramolecular Hbond substituents is 2. The topological polar surface area (TPSA) is 78.9 Å². The van der Waals surface area contributed by atoms with Gasteiger partial charge in [-0.2, -0.15) is 0 Å². The summed E-state index contributed by atoms with van der Waals surface area (Å²) < 4.78 is 19.0. The summed E-state index contributed by atoms with van der Waals surface area (Å²) in [6.45, 7) is 0. The average molecular weight is 348 g/mol. The molecule has 0 atom stereocenters. The molecule has 0 saturated carbocycles. The number of aliphatic imine (C=N–C) groups is 1. The van der Waals surface area contributed by atoms with Crippen molar-refractivity contribution in [1.82, 2.24) is 4.98 Å². The van der Waals surface area contributed by atoms with Crippen molar-refractivity contribution in [2.24, 2.45) is 4.99 Å². The third kappa shape index (κ3) is 2.88. The summed E-state index contributed by atoms with van der Waals surface area (Å²) in [5, 5.41) is 19.9. The molecule has 6 heteroatoms. The highest BCUT2D eigenvalue weighted by Crippen LogP contribution is 2.33. The molecule has 0 aliphatic carbocycles. The molecule has 0 amide bonds. The number of para-hydroxylation sites is 3. The van der Waals surface area contributed by atoms with E-state index in [0.29, 0.717) is 28.2 Å². The van der Waals surface area contributed by atoms with Crippen LogP contribution in [-0.2, 0) is 0 Å². The molecule has 26 heavy (non-hydrogen) atoms. The van der Waals surface area contributed by atoms with Gasteiger partial charge in [0.05, 0.1) is 11.3 Å². The fraction of sp³-hybridized carbons (Fsp3) is 0. The normalized spacial score (nSPS) is 11.4. The molecular weight excluding hydrogens is 335 g/mol. The zero-order valence-corrected chi connectivity index (χ0v) is 13.4. The first-order valence-electron chi connectivity index (χ1n) is 7.82. The van der Waals surface area contributed by atoms with Crippen molar-refractivity contribution in [3.63, 3.8) is 0 Å². The van der Waals surface area contributed by atoms with Gasteiger partial charge in [0.1, 0.15) is 11.3 Å². The molecule has 0 fully saturated rings. The lowest BCUT2D eigenvalue weighted by Crippen LogP contribution is -1.85. The second kappa shape index (κ2) is 6.33. The first kappa shape index (κ1) is 15.8. The number of aromatic nitrogens is 1. The van der Waals surface area contributed by atoms with Crippen molar-refractivity contribution in [2.45, 2.75) is 0 Å². The Morgan fingerprint density at radius 2 is 1.85 bits per heavy atom. The molecule has 0 unspecified atom stereocenters. The quantitative estimate of drug-likeness (QED) is 0.522. The molecule has 0 aliphatic rings. The smallest absolute Gasteiger partial charge is 0.231 e. The predicted octanol–water partition coefficient (Wildman–Crippen LogP) is 4.80. The van der Waals surface area contributed by atoms with Crippen LogP contribution in [-0.4, -0.2) is 21.4 Å². The van der Waals surface area contributed by atoms with E-state index in [-0.39, 0.29) is 11.3 Å². The number of fused-ring (bicyclic) bond motifs is 1. The van der Waals surface area contributed by atoms with Crippen LogP contribution in [0.25, 0.3) is 22.6 Å². The third-order valence-electron chi connectivity index (χ3n) is 3.88. The van der Waals surface area contributed by atoms with Gasteiger partial charge in [-0.25, -0.2) is 9.37 Å². The van der Waals surface area contributed by atoms with Gasteiger partial charge in [-0.15, -0.1) is 0 Å². The van der Waals surface area contributed by atoms with Gasteiger partial charge < -0.3 is 14.6 Å². The first-order valence-corrected chi connectivity index (χ1v) is 7.82. The van der Waals surface area contributed by atoms with E-state index in [9.17, 15) is 14.6 Å². The van der Waals surface area contributed by atoms with Gasteiger partial charge in [0.2, 0.25) is 5.89 Å². The van der Waals surface area contributed by atoms with Gasteiger partial charge in [-0.3, -0.25) is 4.99 Å². The Morgan fingerprint density at radius 1 is 1.00 bits per heavy atom. The van der Waals surface area contributed by atoms with Gasteiger partial charge in [-0.05, 0) is 36.4 Å². The summed E-state index contributed by atoms with van der Waals surface area (Å²) >= 11 is 0. The highest BCUT2D eigenvalue weighted by Gasteiger charge is 2.12. The minimum atomic E-state index is -0.719. The summed E-state index contributed by atoms with van der Waals surface area (Å²) in [5.41, 5.74) is 2.45. The largest absolute Gasteiger partial charge is 0.507 e. The summed E-state index contributed by atoms with van der Waals surface area (Å²) in [6.07, 6.45) is 1.33. The molecule has 0 bridgehead atoms. The molecule has 128 valence electrons. The lowest BCUT2D eigenvalue weighted by Gasteiger charge is -2.02. The predicted molar refractivity (Wildman–Crippen MR) is 96.4 cm³/mol. The van der Waals surface area contributed by atoms with Crippen LogP contribution in [0, 0.1) is 5.82 Å². The van der Waals surface area contributed by atoms with E-state index in [1.54, 1.807) is 18.2 Å². The van der Waals surface area contributed by atoms with Gasteiger partial charge in [-0.1, -0.05) is 18.2 Å². The Morgan fingerprint density at radius 3 is 2.65 bits per heavy atom. The van der Waals surface area contributed by atoms with E-state index in [1.165, 1.54) is 24.4 Å². The maximum Gasteiger partial charge on any atom is 0.231 e. The minimum absolute atomic E-state index is 0.0466. The highest BCUT2D eigenvalue weighted by atomic mass is 19.1. The zero-order valence-electron chi connectivity index (χ0n) is 13.4. The van der Waals surface area contributed by atoms with Gasteiger partial charge >= 0.3 is 0 Å². The number of benzene rings is 3. The van der Waals surface area contributed by atoms with Crippen molar-refractivity contribution in [2.75, 3.05) is 0 Å². The van der Waals surface area contributed by atoms with Crippen molar-refractivity contribution in [3.8, 4) is 23.0 Å². The molecule has 1 aromatic heterocycles. The number of aromatic hydroxyl groups is 2. The fourth-order valence-corrected chi connectivity index (χ4v) is 2.55. The number of oxazole rings is 1. The van der Waals surface area contributed by atoms with E-state index < -0.39 is 11.6 Å². The maximum atomic E-state index is 13.3. The lowest BCUT2D eigenvalue weighted by molar-refractivity contribution is 0.431. The number of halogens is 1. The van der Waals surface area contributed by atoms with Crippen molar-refractivity contribution >= 4 is 23.0 Å². The molecule has 3 aromatic carbocycles. The second-order valence-corrected chi connectivity index (χ2v) is 5.62. The minimum Gasteiger partial charge on any atom is -0.507 e. The average Bonchev–Trinajstić information content (AvgIpc) is 3.07. The fourth-order valence-electron chi connectivity index (χ4n) is 2.55. The van der Waals surface area contributed by atoms with E-state index in [4.69, 9.17) is 4.42 Å². The van der Waals surface area contributed by atoms with Crippen molar-refractivity contribution in [1.29, 1.82) is 0 Å². The summed E-state index contributed by atoms with van der Waals surface area (Å²) in [5.74, 6) is -0.927. The van der Waals surface area contributed by atoms with Crippen LogP contribution in [0.5, 0.6) is 11.5 Å².